The number of amides is 5. The molecule has 0 bridgehead atoms. The summed E-state index contributed by atoms with van der Waals surface area (Å²) < 4.78 is 44.5. The number of ether oxygens (including phenoxy) is 3. The van der Waals surface area contributed by atoms with Gasteiger partial charge in [-0.2, -0.15) is 0 Å². The van der Waals surface area contributed by atoms with Crippen LogP contribution in [0, 0.1) is 5.92 Å². The highest BCUT2D eigenvalue weighted by atomic mass is 32.2. The number of hydrogen-bond acceptors (Lipinski definition) is 13. The Balaban J connectivity index is 1.21. The van der Waals surface area contributed by atoms with E-state index < -0.39 is 86.8 Å². The highest BCUT2D eigenvalue weighted by molar-refractivity contribution is 7.90. The number of nitrogens with zero attached hydrogens (tertiary/aromatic N) is 2. The van der Waals surface area contributed by atoms with Gasteiger partial charge in [-0.15, -0.1) is 11.3 Å². The predicted molar refractivity (Wildman–Crippen MR) is 233 cm³/mol. The molecule has 18 nitrogen and oxygen atoms in total. The monoisotopic (exact) mass is 916 g/mol. The minimum Gasteiger partial charge on any atom is -0.494 e. The fraction of sp³-hybridized carbons (Fsp3) is 0.605. The fourth-order valence-electron chi connectivity index (χ4n) is 7.24. The molecule has 5 amide bonds. The molecule has 1 aromatic heterocycles. The van der Waals surface area contributed by atoms with E-state index in [1.165, 1.54) is 21.6 Å². The van der Waals surface area contributed by atoms with Crippen molar-refractivity contribution in [3.8, 4) is 16.3 Å². The average molecular weight is 917 g/mol. The van der Waals surface area contributed by atoms with Gasteiger partial charge in [0.05, 0.1) is 24.5 Å². The highest BCUT2D eigenvalue weighted by Crippen LogP contribution is 2.29. The predicted octanol–water partition coefficient (Wildman–Crippen LogP) is 5.29. The number of carbonyl (C=O) groups is 6. The largest absolute Gasteiger partial charge is 0.494 e. The Morgan fingerprint density at radius 3 is 2.46 bits per heavy atom. The molecule has 0 spiro atoms. The lowest BCUT2D eigenvalue weighted by Gasteiger charge is -2.31. The summed E-state index contributed by atoms with van der Waals surface area (Å²) in [4.78, 5) is 84.8. The summed E-state index contributed by atoms with van der Waals surface area (Å²) in [6.45, 7) is 7.20. The number of fused-ring (bicyclic) bond motifs is 1. The molecular weight excluding hydrogens is 857 g/mol. The Hall–Kier alpha value is -5.24. The molecule has 20 heteroatoms. The van der Waals surface area contributed by atoms with E-state index in [1.54, 1.807) is 45.9 Å². The molecule has 1 saturated carbocycles. The number of rotatable bonds is 14. The van der Waals surface area contributed by atoms with Gasteiger partial charge in [-0.1, -0.05) is 44.1 Å². The summed E-state index contributed by atoms with van der Waals surface area (Å²) in [5.74, 6) is -3.16. The summed E-state index contributed by atoms with van der Waals surface area (Å²) in [6, 6.07) is 2.96. The summed E-state index contributed by atoms with van der Waals surface area (Å²) in [6.07, 6.45) is 8.45. The zero-order valence-electron chi connectivity index (χ0n) is 36.3. The second kappa shape index (κ2) is 22.4. The first-order valence-electron chi connectivity index (χ1n) is 21.6. The lowest BCUT2D eigenvalue weighted by Crippen LogP contribution is -2.58. The van der Waals surface area contributed by atoms with Crippen molar-refractivity contribution < 1.29 is 56.5 Å². The van der Waals surface area contributed by atoms with Crippen LogP contribution in [0.25, 0.3) is 10.6 Å². The van der Waals surface area contributed by atoms with Gasteiger partial charge < -0.3 is 40.2 Å². The van der Waals surface area contributed by atoms with Crippen LogP contribution in [0.5, 0.6) is 5.75 Å². The van der Waals surface area contributed by atoms with Gasteiger partial charge in [0, 0.05) is 17.5 Å². The molecule has 346 valence electrons. The molecule has 5 unspecified atom stereocenters. The Kier molecular flexibility index (Phi) is 17.3. The number of hydrogen-bond donors (Lipinski definition) is 5. The zero-order chi connectivity index (χ0) is 45.7. The second-order valence-electron chi connectivity index (χ2n) is 17.2. The van der Waals surface area contributed by atoms with Crippen molar-refractivity contribution in [2.45, 2.75) is 140 Å². The van der Waals surface area contributed by atoms with Crippen LogP contribution >= 0.6 is 11.3 Å². The molecule has 1 aliphatic carbocycles. The van der Waals surface area contributed by atoms with E-state index >= 15 is 0 Å². The molecule has 2 aliphatic heterocycles. The Bertz CT molecular complexity index is 2080. The molecule has 3 aliphatic rings. The average Bonchev–Trinajstić information content (AvgIpc) is 3.82. The Labute approximate surface area is 372 Å². The van der Waals surface area contributed by atoms with Crippen LogP contribution in [0.4, 0.5) is 9.59 Å². The summed E-state index contributed by atoms with van der Waals surface area (Å²) in [5.41, 5.74) is -0.0956. The number of carboxylic acids is 1. The maximum Gasteiger partial charge on any atom is 0.407 e. The first-order valence-corrected chi connectivity index (χ1v) is 24.0. The molecule has 2 aromatic rings. The van der Waals surface area contributed by atoms with Crippen molar-refractivity contribution in [3.05, 3.63) is 47.5 Å². The van der Waals surface area contributed by atoms with Gasteiger partial charge in [0.2, 0.25) is 21.8 Å². The number of carbonyl (C=O) groups excluding carboxylic acids is 5. The molecule has 3 heterocycles. The van der Waals surface area contributed by atoms with Gasteiger partial charge in [0.25, 0.3) is 5.91 Å². The molecule has 1 saturated heterocycles. The topological polar surface area (TPSA) is 249 Å². The minimum atomic E-state index is -3.93. The van der Waals surface area contributed by atoms with Gasteiger partial charge in [0.15, 0.2) is 5.69 Å². The highest BCUT2D eigenvalue weighted by Gasteiger charge is 2.45. The van der Waals surface area contributed by atoms with E-state index in [2.05, 4.69) is 25.7 Å². The quantitative estimate of drug-likeness (QED) is 0.120. The van der Waals surface area contributed by atoms with Crippen LogP contribution in [0.15, 0.2) is 41.8 Å². The van der Waals surface area contributed by atoms with Crippen LogP contribution in [-0.2, 0) is 33.9 Å². The van der Waals surface area contributed by atoms with Gasteiger partial charge in [-0.25, -0.2) is 27.8 Å². The minimum absolute atomic E-state index is 0.0183. The van der Waals surface area contributed by atoms with E-state index in [-0.39, 0.29) is 31.7 Å². The Morgan fingerprint density at radius 1 is 0.984 bits per heavy atom. The van der Waals surface area contributed by atoms with Crippen LogP contribution in [-0.4, -0.2) is 114 Å². The number of unbranched alkanes of at least 4 members (excludes halogenated alkanes) is 2. The lowest BCUT2D eigenvalue weighted by atomic mass is 9.96. The number of aromatic carboxylic acids is 1. The number of nitrogens with one attached hydrogen (secondary N) is 4. The molecule has 5 rings (SSSR count). The van der Waals surface area contributed by atoms with E-state index in [0.717, 1.165) is 18.4 Å². The smallest absolute Gasteiger partial charge is 0.407 e. The number of alkyl carbamates (subject to hydrolysis) is 2. The number of benzene rings is 1. The van der Waals surface area contributed by atoms with Crippen LogP contribution < -0.4 is 25.4 Å². The zero-order valence-corrected chi connectivity index (χ0v) is 37.9. The van der Waals surface area contributed by atoms with E-state index in [4.69, 9.17) is 14.2 Å². The summed E-state index contributed by atoms with van der Waals surface area (Å²) in [7, 11) is -3.93. The maximum atomic E-state index is 14.4. The van der Waals surface area contributed by atoms with Crippen molar-refractivity contribution in [3.63, 3.8) is 0 Å². The molecule has 0 radical (unpaired) electrons. The lowest BCUT2D eigenvalue weighted by molar-refractivity contribution is -0.141. The maximum absolute atomic E-state index is 14.4. The van der Waals surface area contributed by atoms with E-state index in [1.807, 2.05) is 18.2 Å². The number of sulfonamides is 1. The van der Waals surface area contributed by atoms with Gasteiger partial charge >= 0.3 is 18.2 Å². The summed E-state index contributed by atoms with van der Waals surface area (Å²) in [5, 5.41) is 18.7. The molecular formula is C43H60N6O12S2. The first-order chi connectivity index (χ1) is 29.9. The van der Waals surface area contributed by atoms with Gasteiger partial charge in [-0.3, -0.25) is 19.1 Å². The first kappa shape index (κ1) is 48.8. The van der Waals surface area contributed by atoms with Gasteiger partial charge in [-0.05, 0) is 103 Å². The molecule has 2 fully saturated rings. The number of thiazole rings is 1. The van der Waals surface area contributed by atoms with Crippen molar-refractivity contribution in [2.24, 2.45) is 5.92 Å². The van der Waals surface area contributed by atoms with E-state index in [0.29, 0.717) is 68.7 Å². The second-order valence-corrected chi connectivity index (χ2v) is 20.0. The van der Waals surface area contributed by atoms with Crippen LogP contribution in [0.3, 0.4) is 0 Å². The fourth-order valence-corrected chi connectivity index (χ4v) is 9.36. The van der Waals surface area contributed by atoms with Crippen molar-refractivity contribution in [2.75, 3.05) is 19.8 Å². The van der Waals surface area contributed by atoms with E-state index in [9.17, 15) is 42.3 Å². The molecule has 63 heavy (non-hydrogen) atoms. The van der Waals surface area contributed by atoms with Crippen molar-refractivity contribution in [1.29, 1.82) is 0 Å². The van der Waals surface area contributed by atoms with Crippen LogP contribution in [0.1, 0.15) is 115 Å². The number of carboxylic acid groups (broad SMARTS) is 1. The summed E-state index contributed by atoms with van der Waals surface area (Å²) >= 11 is 1.23. The third-order valence-corrected chi connectivity index (χ3v) is 13.4. The number of allylic oxidation sites excluding steroid dienone is 2. The molecule has 5 atom stereocenters. The third-order valence-electron chi connectivity index (χ3n) is 10.7. The van der Waals surface area contributed by atoms with Crippen molar-refractivity contribution >= 4 is 57.2 Å². The SMILES string of the molecule is CC1CC=CCCCCCC(NC(=O)OCCCCCOc2cccc(-c3nc(C(=O)O)cs3)c2)C(=O)N2CC(NC(=O)OC(C)(C)C)CC2C(=O)NC1C(=O)NS(=O)(=O)C1CC1. The number of aromatic nitrogens is 1. The standard InChI is InChI=1S/C43H60N6O12S2/c1-27-15-10-7-5-6-8-11-18-32(46-41(55)60-22-13-9-12-21-59-30-17-14-16-28(23-30)38-45-33(26-62-38)40(53)54)39(52)49-25-29(44-42(56)61-43(2,3)4)24-34(49)36(50)47-35(27)37(51)48-63(57,58)31-19-20-31/h7,10,14,16-17,23,26-27,29,31-32,34-35H,5-6,8-9,11-13,15,18-22,24-25H2,1-4H3,(H,44,56)(H,46,55)(H,47,50)(H,48,51)(H,53,54). The third kappa shape index (κ3) is 15.2. The van der Waals surface area contributed by atoms with Crippen LogP contribution in [0.2, 0.25) is 0 Å². The molecule has 1 aromatic carbocycles. The normalized spacial score (nSPS) is 22.6. The Morgan fingerprint density at radius 2 is 1.75 bits per heavy atom. The van der Waals surface area contributed by atoms with Crippen molar-refractivity contribution in [1.82, 2.24) is 30.6 Å². The molecule has 5 N–H and O–H groups in total. The van der Waals surface area contributed by atoms with Gasteiger partial charge in [0.1, 0.15) is 34.5 Å².